The lowest BCUT2D eigenvalue weighted by Gasteiger charge is -2.35. The fraction of sp³-hybridized carbons (Fsp3) is 0.391. The Bertz CT molecular complexity index is 1020. The summed E-state index contributed by atoms with van der Waals surface area (Å²) in [5.74, 6) is -0.495. The molecule has 0 unspecified atom stereocenters. The van der Waals surface area contributed by atoms with Crippen molar-refractivity contribution < 1.29 is 19.1 Å². The molecule has 1 N–H and O–H groups in total. The van der Waals surface area contributed by atoms with Gasteiger partial charge < -0.3 is 14.8 Å². The van der Waals surface area contributed by atoms with Gasteiger partial charge in [0.15, 0.2) is 5.78 Å². The normalized spacial score (nSPS) is 21.5. The van der Waals surface area contributed by atoms with Gasteiger partial charge >= 0.3 is 5.97 Å². The van der Waals surface area contributed by atoms with E-state index >= 15 is 0 Å². The number of carbonyl (C=O) groups excluding carboxylic acids is 2. The van der Waals surface area contributed by atoms with Crippen LogP contribution in [0, 0.1) is 6.92 Å². The summed E-state index contributed by atoms with van der Waals surface area (Å²) in [6.45, 7) is 4.45. The summed E-state index contributed by atoms with van der Waals surface area (Å²) < 4.78 is 10.5. The minimum Gasteiger partial charge on any atom is -0.460 e. The predicted octanol–water partition coefficient (Wildman–Crippen LogP) is 4.67. The molecule has 3 heterocycles. The number of aryl methyl sites for hydroxylation is 1. The third kappa shape index (κ3) is 4.02. The number of ether oxygens (including phenoxy) is 2. The number of methoxy groups -OCH3 is 1. The predicted molar refractivity (Wildman–Crippen MR) is 119 cm³/mol. The summed E-state index contributed by atoms with van der Waals surface area (Å²) in [4.78, 5) is 29.8. The molecule has 0 amide bonds. The molecule has 0 bridgehead atoms. The highest BCUT2D eigenvalue weighted by Crippen LogP contribution is 2.47. The first kappa shape index (κ1) is 21.0. The second-order valence-corrected chi connectivity index (χ2v) is 9.91. The number of hydrogen-bond acceptors (Lipinski definition) is 7. The molecule has 158 valence electrons. The fourth-order valence-corrected chi connectivity index (χ4v) is 6.05. The van der Waals surface area contributed by atoms with Crippen LogP contribution in [0.25, 0.3) is 0 Å². The monoisotopic (exact) mass is 443 g/mol. The zero-order valence-corrected chi connectivity index (χ0v) is 19.0. The fourth-order valence-electron chi connectivity index (χ4n) is 4.22. The molecule has 4 rings (SSSR count). The van der Waals surface area contributed by atoms with Crippen LogP contribution in [0.5, 0.6) is 0 Å². The van der Waals surface area contributed by atoms with Gasteiger partial charge in [-0.2, -0.15) is 0 Å². The molecule has 1 aliphatic heterocycles. The summed E-state index contributed by atoms with van der Waals surface area (Å²) in [6, 6.07) is 8.18. The first-order valence-corrected chi connectivity index (χ1v) is 11.7. The van der Waals surface area contributed by atoms with Gasteiger partial charge in [-0.3, -0.25) is 4.79 Å². The molecule has 1 aliphatic carbocycles. The smallest absolute Gasteiger partial charge is 0.336 e. The summed E-state index contributed by atoms with van der Waals surface area (Å²) in [5.41, 5.74) is 2.93. The van der Waals surface area contributed by atoms with Gasteiger partial charge in [-0.05, 0) is 43.8 Å². The minimum absolute atomic E-state index is 0.105. The molecule has 0 fully saturated rings. The van der Waals surface area contributed by atoms with Crippen LogP contribution in [0.3, 0.4) is 0 Å². The highest BCUT2D eigenvalue weighted by molar-refractivity contribution is 7.12. The van der Waals surface area contributed by atoms with Gasteiger partial charge in [0.2, 0.25) is 0 Å². The van der Waals surface area contributed by atoms with Crippen molar-refractivity contribution in [2.75, 3.05) is 20.3 Å². The number of esters is 1. The van der Waals surface area contributed by atoms with Crippen LogP contribution >= 0.6 is 22.7 Å². The van der Waals surface area contributed by atoms with E-state index < -0.39 is 5.97 Å². The number of carbonyl (C=O) groups is 2. The SMILES string of the molecule is COCCOC(=O)C1=C(C)NC2=C(C(=O)C[C@H](c3cccs3)C2)[C@H]1c1ccc(C)s1. The van der Waals surface area contributed by atoms with E-state index in [4.69, 9.17) is 9.47 Å². The lowest BCUT2D eigenvalue weighted by Crippen LogP contribution is -2.36. The van der Waals surface area contributed by atoms with Gasteiger partial charge in [0.1, 0.15) is 6.61 Å². The van der Waals surface area contributed by atoms with Crippen molar-refractivity contribution in [1.82, 2.24) is 5.32 Å². The molecular formula is C23H25NO4S2. The summed E-state index contributed by atoms with van der Waals surface area (Å²) in [5, 5.41) is 5.43. The average Bonchev–Trinajstić information content (AvgIpc) is 3.38. The van der Waals surface area contributed by atoms with Gasteiger partial charge in [-0.15, -0.1) is 22.7 Å². The average molecular weight is 444 g/mol. The van der Waals surface area contributed by atoms with Crippen molar-refractivity contribution in [2.24, 2.45) is 0 Å². The van der Waals surface area contributed by atoms with E-state index in [-0.39, 0.29) is 24.2 Å². The molecular weight excluding hydrogens is 418 g/mol. The Hall–Kier alpha value is -2.22. The molecule has 7 heteroatoms. The van der Waals surface area contributed by atoms with E-state index in [0.717, 1.165) is 27.6 Å². The minimum atomic E-state index is -0.396. The van der Waals surface area contributed by atoms with Crippen molar-refractivity contribution in [1.29, 1.82) is 0 Å². The van der Waals surface area contributed by atoms with E-state index in [9.17, 15) is 9.59 Å². The zero-order valence-electron chi connectivity index (χ0n) is 17.3. The molecule has 2 aliphatic rings. The van der Waals surface area contributed by atoms with E-state index in [1.54, 1.807) is 29.8 Å². The highest BCUT2D eigenvalue weighted by Gasteiger charge is 2.42. The summed E-state index contributed by atoms with van der Waals surface area (Å²) >= 11 is 3.31. The number of ketones is 1. The van der Waals surface area contributed by atoms with Crippen LogP contribution < -0.4 is 5.32 Å². The molecule has 2 aromatic heterocycles. The van der Waals surface area contributed by atoms with Crippen LogP contribution in [0.1, 0.15) is 46.2 Å². The number of hydrogen-bond donors (Lipinski definition) is 1. The van der Waals surface area contributed by atoms with Gasteiger partial charge in [-0.1, -0.05) is 6.07 Å². The first-order valence-electron chi connectivity index (χ1n) is 9.99. The largest absolute Gasteiger partial charge is 0.460 e. The molecule has 0 saturated carbocycles. The van der Waals surface area contributed by atoms with Crippen LogP contribution in [-0.4, -0.2) is 32.1 Å². The number of Topliss-reactive ketones (excluding diaryl/α,β-unsaturated/α-hetero) is 1. The zero-order chi connectivity index (χ0) is 21.3. The van der Waals surface area contributed by atoms with Gasteiger partial charge in [0, 0.05) is 51.0 Å². The second-order valence-electron chi connectivity index (χ2n) is 7.61. The molecule has 2 aromatic rings. The Labute approximate surface area is 184 Å². The Morgan fingerprint density at radius 3 is 2.67 bits per heavy atom. The number of thiophene rings is 2. The van der Waals surface area contributed by atoms with Crippen molar-refractivity contribution >= 4 is 34.4 Å². The quantitative estimate of drug-likeness (QED) is 0.519. The van der Waals surface area contributed by atoms with E-state index in [0.29, 0.717) is 24.2 Å². The number of rotatable bonds is 6. The van der Waals surface area contributed by atoms with E-state index in [1.165, 1.54) is 4.88 Å². The third-order valence-electron chi connectivity index (χ3n) is 5.56. The van der Waals surface area contributed by atoms with E-state index in [1.807, 2.05) is 32.0 Å². The maximum atomic E-state index is 13.4. The van der Waals surface area contributed by atoms with Crippen molar-refractivity contribution in [3.05, 3.63) is 66.8 Å². The third-order valence-corrected chi connectivity index (χ3v) is 7.66. The maximum absolute atomic E-state index is 13.4. The Kier molecular flexibility index (Phi) is 6.22. The maximum Gasteiger partial charge on any atom is 0.336 e. The topological polar surface area (TPSA) is 64.6 Å². The molecule has 5 nitrogen and oxygen atoms in total. The highest BCUT2D eigenvalue weighted by atomic mass is 32.1. The van der Waals surface area contributed by atoms with Gasteiger partial charge in [0.25, 0.3) is 0 Å². The Morgan fingerprint density at radius 2 is 2.00 bits per heavy atom. The lowest BCUT2D eigenvalue weighted by molar-refractivity contribution is -0.140. The van der Waals surface area contributed by atoms with Crippen LogP contribution in [0.2, 0.25) is 0 Å². The molecule has 0 aromatic carbocycles. The Balaban J connectivity index is 1.73. The summed E-state index contributed by atoms with van der Waals surface area (Å²) in [6.07, 6.45) is 1.23. The van der Waals surface area contributed by atoms with Crippen LogP contribution in [0.4, 0.5) is 0 Å². The first-order chi connectivity index (χ1) is 14.5. The molecule has 2 atom stereocenters. The lowest BCUT2D eigenvalue weighted by atomic mass is 9.74. The molecule has 0 saturated heterocycles. The van der Waals surface area contributed by atoms with Crippen molar-refractivity contribution in [3.63, 3.8) is 0 Å². The van der Waals surface area contributed by atoms with Crippen molar-refractivity contribution in [2.45, 2.75) is 38.5 Å². The molecule has 0 spiro atoms. The molecule has 0 radical (unpaired) electrons. The van der Waals surface area contributed by atoms with Crippen molar-refractivity contribution in [3.8, 4) is 0 Å². The Morgan fingerprint density at radius 1 is 1.17 bits per heavy atom. The number of allylic oxidation sites excluding steroid dienone is 3. The number of dihydropyridines is 1. The van der Waals surface area contributed by atoms with Gasteiger partial charge in [0.05, 0.1) is 18.1 Å². The van der Waals surface area contributed by atoms with Crippen LogP contribution in [0.15, 0.2) is 52.2 Å². The standard InChI is InChI=1S/C23H25NO4S2/c1-13-6-7-19(30-13)22-20(23(26)28-9-8-27-3)14(2)24-16-11-15(12-17(25)21(16)22)18-5-4-10-29-18/h4-7,10,15,22,24H,8-9,11-12H2,1-3H3/t15-,22+/m1/s1. The summed E-state index contributed by atoms with van der Waals surface area (Å²) in [7, 11) is 1.57. The number of nitrogens with one attached hydrogen (secondary N) is 1. The van der Waals surface area contributed by atoms with E-state index in [2.05, 4.69) is 16.8 Å². The molecule has 30 heavy (non-hydrogen) atoms. The van der Waals surface area contributed by atoms with Crippen LogP contribution in [-0.2, 0) is 19.1 Å². The van der Waals surface area contributed by atoms with Gasteiger partial charge in [-0.25, -0.2) is 4.79 Å². The second kappa shape index (κ2) is 8.88.